The minimum atomic E-state index is -2.12. The number of methoxy groups -OCH3 is 2. The molecule has 0 N–H and O–H groups in total. The van der Waals surface area contributed by atoms with E-state index >= 15 is 0 Å². The number of hydrogen-bond acceptors (Lipinski definition) is 4. The van der Waals surface area contributed by atoms with Crippen LogP contribution in [0.4, 0.5) is 0 Å². The zero-order chi connectivity index (χ0) is 14.4. The van der Waals surface area contributed by atoms with E-state index in [4.69, 9.17) is 41.1 Å². The second-order valence-electron chi connectivity index (χ2n) is 4.27. The Labute approximate surface area is 127 Å². The van der Waals surface area contributed by atoms with Gasteiger partial charge in [0, 0.05) is 27.4 Å². The van der Waals surface area contributed by atoms with E-state index in [1.165, 1.54) is 0 Å². The Morgan fingerprint density at radius 3 is 1.47 bits per heavy atom. The van der Waals surface area contributed by atoms with E-state index in [0.717, 1.165) is 24.9 Å². The topological polar surface area (TPSA) is 36.9 Å². The molecule has 7 heteroatoms. The van der Waals surface area contributed by atoms with Gasteiger partial charge in [-0.2, -0.15) is 0 Å². The molecule has 0 spiro atoms. The fourth-order valence-corrected chi connectivity index (χ4v) is 4.66. The molecule has 0 saturated heterocycles. The van der Waals surface area contributed by atoms with Gasteiger partial charge in [0.25, 0.3) is 6.69 Å². The summed E-state index contributed by atoms with van der Waals surface area (Å²) in [6.45, 7) is 1.79. The number of hydrogen-bond donors (Lipinski definition) is 0. The second kappa shape index (κ2) is 13.6. The van der Waals surface area contributed by atoms with Crippen molar-refractivity contribution in [3.63, 3.8) is 0 Å². The van der Waals surface area contributed by atoms with Gasteiger partial charge in [-0.1, -0.05) is 0 Å². The first-order valence-corrected chi connectivity index (χ1v) is 11.1. The van der Waals surface area contributed by atoms with Crippen LogP contribution in [0.5, 0.6) is 0 Å². The smallest absolute Gasteiger partial charge is 0.251 e. The van der Waals surface area contributed by atoms with E-state index in [2.05, 4.69) is 0 Å². The average Bonchev–Trinajstić information content (AvgIpc) is 2.38. The van der Waals surface area contributed by atoms with Gasteiger partial charge in [0.1, 0.15) is 0 Å². The van der Waals surface area contributed by atoms with Crippen molar-refractivity contribution in [1.82, 2.24) is 0 Å². The van der Waals surface area contributed by atoms with Gasteiger partial charge in [-0.3, -0.25) is 0 Å². The summed E-state index contributed by atoms with van der Waals surface area (Å²) >= 11 is 12.7. The molecule has 0 rings (SSSR count). The fourth-order valence-electron chi connectivity index (χ4n) is 1.48. The standard InChI is InChI=1S/C12H26Cl2O4Si/c1-15-7-9-17-5-3-11-19(13,14)12-4-6-18-10-8-16-2/h3-12H2,1-2H3. The number of rotatable bonds is 14. The maximum absolute atomic E-state index is 6.36. The van der Waals surface area contributed by atoms with Crippen LogP contribution in [-0.4, -0.2) is 60.6 Å². The molecule has 0 heterocycles. The van der Waals surface area contributed by atoms with Gasteiger partial charge in [-0.15, -0.1) is 22.2 Å². The SMILES string of the molecule is COCCOCCC[Si](Cl)(Cl)CCCOCCOC. The molecular weight excluding hydrogens is 307 g/mol. The fraction of sp³-hybridized carbons (Fsp3) is 1.00. The molecule has 0 bridgehead atoms. The number of halogens is 2. The summed E-state index contributed by atoms with van der Waals surface area (Å²) in [5, 5.41) is 0. The summed E-state index contributed by atoms with van der Waals surface area (Å²) in [5.74, 6) is 0. The molecule has 19 heavy (non-hydrogen) atoms. The Bertz CT molecular complexity index is 179. The van der Waals surface area contributed by atoms with Crippen molar-refractivity contribution < 1.29 is 18.9 Å². The highest BCUT2D eigenvalue weighted by Gasteiger charge is 2.26. The van der Waals surface area contributed by atoms with Crippen molar-refractivity contribution in [2.24, 2.45) is 0 Å². The first-order valence-electron chi connectivity index (χ1n) is 6.63. The van der Waals surface area contributed by atoms with Crippen molar-refractivity contribution in [3.8, 4) is 0 Å². The van der Waals surface area contributed by atoms with Crippen molar-refractivity contribution >= 4 is 28.9 Å². The highest BCUT2D eigenvalue weighted by atomic mass is 35.7. The highest BCUT2D eigenvalue weighted by molar-refractivity contribution is 7.45. The van der Waals surface area contributed by atoms with Crippen LogP contribution in [0.25, 0.3) is 0 Å². The van der Waals surface area contributed by atoms with E-state index in [-0.39, 0.29) is 0 Å². The molecule has 0 fully saturated rings. The lowest BCUT2D eigenvalue weighted by molar-refractivity contribution is 0.0703. The molecule has 0 unspecified atom stereocenters. The predicted molar refractivity (Wildman–Crippen MR) is 81.7 cm³/mol. The molecule has 0 aromatic rings. The summed E-state index contributed by atoms with van der Waals surface area (Å²) in [6, 6.07) is 1.72. The Balaban J connectivity index is 3.36. The zero-order valence-corrected chi connectivity index (χ0v) is 14.5. The summed E-state index contributed by atoms with van der Waals surface area (Å²) < 4.78 is 20.5. The summed E-state index contributed by atoms with van der Waals surface area (Å²) in [5.41, 5.74) is 0. The normalized spacial score (nSPS) is 12.0. The number of ether oxygens (including phenoxy) is 4. The van der Waals surface area contributed by atoms with Crippen LogP contribution in [0.2, 0.25) is 12.1 Å². The molecule has 0 aromatic heterocycles. The molecule has 0 aliphatic rings. The van der Waals surface area contributed by atoms with Gasteiger partial charge in [-0.25, -0.2) is 0 Å². The lowest BCUT2D eigenvalue weighted by Crippen LogP contribution is -2.20. The maximum Gasteiger partial charge on any atom is 0.251 e. The largest absolute Gasteiger partial charge is 0.382 e. The monoisotopic (exact) mass is 332 g/mol. The molecule has 0 aliphatic carbocycles. The second-order valence-corrected chi connectivity index (χ2v) is 11.9. The summed E-state index contributed by atoms with van der Waals surface area (Å²) in [6.07, 6.45) is 1.82. The van der Waals surface area contributed by atoms with Gasteiger partial charge >= 0.3 is 0 Å². The molecular formula is C12H26Cl2O4Si. The predicted octanol–water partition coefficient (Wildman–Crippen LogP) is 3.01. The minimum absolute atomic E-state index is 0.628. The van der Waals surface area contributed by atoms with Crippen LogP contribution >= 0.6 is 22.2 Å². The summed E-state index contributed by atoms with van der Waals surface area (Å²) in [7, 11) is 3.32. The molecule has 0 aliphatic heterocycles. The van der Waals surface area contributed by atoms with Crippen molar-refractivity contribution in [2.75, 3.05) is 53.9 Å². The lowest BCUT2D eigenvalue weighted by Gasteiger charge is -2.16. The van der Waals surface area contributed by atoms with Gasteiger partial charge < -0.3 is 18.9 Å². The molecule has 0 saturated carbocycles. The lowest BCUT2D eigenvalue weighted by atomic mass is 10.5. The summed E-state index contributed by atoms with van der Waals surface area (Å²) in [4.78, 5) is 0. The van der Waals surface area contributed by atoms with E-state index < -0.39 is 6.69 Å². The van der Waals surface area contributed by atoms with E-state index in [0.29, 0.717) is 39.6 Å². The van der Waals surface area contributed by atoms with Crippen molar-refractivity contribution in [3.05, 3.63) is 0 Å². The van der Waals surface area contributed by atoms with Gasteiger partial charge in [0.05, 0.1) is 26.4 Å². The van der Waals surface area contributed by atoms with E-state index in [1.807, 2.05) is 0 Å². The first kappa shape index (κ1) is 19.6. The van der Waals surface area contributed by atoms with Gasteiger partial charge in [0.15, 0.2) is 0 Å². The molecule has 0 atom stereocenters. The molecule has 116 valence electrons. The third-order valence-corrected chi connectivity index (χ3v) is 6.96. The Morgan fingerprint density at radius 1 is 0.684 bits per heavy atom. The van der Waals surface area contributed by atoms with Crippen LogP contribution in [0.3, 0.4) is 0 Å². The van der Waals surface area contributed by atoms with Crippen LogP contribution in [-0.2, 0) is 18.9 Å². The average molecular weight is 333 g/mol. The van der Waals surface area contributed by atoms with Gasteiger partial charge in [-0.05, 0) is 24.9 Å². The van der Waals surface area contributed by atoms with Crippen LogP contribution in [0.1, 0.15) is 12.8 Å². The first-order chi connectivity index (χ1) is 9.12. The van der Waals surface area contributed by atoms with Crippen LogP contribution < -0.4 is 0 Å². The van der Waals surface area contributed by atoms with Crippen molar-refractivity contribution in [2.45, 2.75) is 24.9 Å². The Kier molecular flexibility index (Phi) is 14.1. The van der Waals surface area contributed by atoms with E-state index in [1.54, 1.807) is 14.2 Å². The molecule has 4 nitrogen and oxygen atoms in total. The van der Waals surface area contributed by atoms with Gasteiger partial charge in [0.2, 0.25) is 0 Å². The van der Waals surface area contributed by atoms with E-state index in [9.17, 15) is 0 Å². The molecule has 0 radical (unpaired) electrons. The van der Waals surface area contributed by atoms with Crippen LogP contribution in [0.15, 0.2) is 0 Å². The minimum Gasteiger partial charge on any atom is -0.382 e. The quantitative estimate of drug-likeness (QED) is 0.278. The highest BCUT2D eigenvalue weighted by Crippen LogP contribution is 2.28. The third-order valence-electron chi connectivity index (χ3n) is 2.53. The maximum atomic E-state index is 6.36. The van der Waals surface area contributed by atoms with Crippen molar-refractivity contribution in [1.29, 1.82) is 0 Å². The van der Waals surface area contributed by atoms with Crippen LogP contribution in [0, 0.1) is 0 Å². The molecule has 0 aromatic carbocycles. The molecule has 0 amide bonds. The Morgan fingerprint density at radius 2 is 1.11 bits per heavy atom. The zero-order valence-electron chi connectivity index (χ0n) is 12.0. The third kappa shape index (κ3) is 14.9. The Hall–Kier alpha value is 0.637.